The van der Waals surface area contributed by atoms with E-state index in [0.29, 0.717) is 18.8 Å². The number of hydrogen-bond donors (Lipinski definition) is 1. The molecule has 7 nitrogen and oxygen atoms in total. The molecule has 0 atom stereocenters. The number of aromatic hydroxyl groups is 1. The molecule has 1 aromatic carbocycles. The standard InChI is InChI=1S/C21H23ClN2O5/c1-12(2)29-9-5-8-24-20(26)15(11-23)13(3)18(21(24)27)19(25)14-6-7-17(28-4)16(22)10-14/h6-7,10,12,27H,5,8-9H2,1-4H3. The number of benzene rings is 1. The van der Waals surface area contributed by atoms with Crippen LogP contribution in [0.15, 0.2) is 23.0 Å². The molecule has 0 unspecified atom stereocenters. The molecule has 154 valence electrons. The van der Waals surface area contributed by atoms with Crippen LogP contribution in [0.1, 0.15) is 47.3 Å². The summed E-state index contributed by atoms with van der Waals surface area (Å²) in [6.45, 7) is 5.72. The molecule has 0 amide bonds. The van der Waals surface area contributed by atoms with Crippen molar-refractivity contribution in [1.82, 2.24) is 4.57 Å². The van der Waals surface area contributed by atoms with Crippen LogP contribution in [0, 0.1) is 18.3 Å². The van der Waals surface area contributed by atoms with Gasteiger partial charge in [0.05, 0.1) is 23.8 Å². The summed E-state index contributed by atoms with van der Waals surface area (Å²) in [5, 5.41) is 20.4. The highest BCUT2D eigenvalue weighted by Crippen LogP contribution is 2.29. The summed E-state index contributed by atoms with van der Waals surface area (Å²) in [7, 11) is 1.46. The number of methoxy groups -OCH3 is 1. The fourth-order valence-corrected chi connectivity index (χ4v) is 3.18. The summed E-state index contributed by atoms with van der Waals surface area (Å²) in [5.41, 5.74) is -0.605. The number of carbonyl (C=O) groups is 1. The van der Waals surface area contributed by atoms with Gasteiger partial charge in [-0.25, -0.2) is 0 Å². The first-order chi connectivity index (χ1) is 13.7. The number of ketones is 1. The van der Waals surface area contributed by atoms with Crippen molar-refractivity contribution in [1.29, 1.82) is 5.26 Å². The van der Waals surface area contributed by atoms with E-state index >= 15 is 0 Å². The van der Waals surface area contributed by atoms with Crippen molar-refractivity contribution in [3.8, 4) is 17.7 Å². The van der Waals surface area contributed by atoms with Gasteiger partial charge in [0.1, 0.15) is 17.4 Å². The number of hydrogen-bond acceptors (Lipinski definition) is 6. The zero-order valence-electron chi connectivity index (χ0n) is 16.8. The predicted octanol–water partition coefficient (Wildman–Crippen LogP) is 3.44. The monoisotopic (exact) mass is 418 g/mol. The Morgan fingerprint density at radius 1 is 1.38 bits per heavy atom. The van der Waals surface area contributed by atoms with Crippen LogP contribution in [0.3, 0.4) is 0 Å². The van der Waals surface area contributed by atoms with E-state index < -0.39 is 17.2 Å². The number of aromatic nitrogens is 1. The molecule has 0 bridgehead atoms. The molecule has 0 fully saturated rings. The SMILES string of the molecule is COc1ccc(C(=O)c2c(C)c(C#N)c(=O)n(CCCOC(C)C)c2O)cc1Cl. The fourth-order valence-electron chi connectivity index (χ4n) is 2.92. The first-order valence-electron chi connectivity index (χ1n) is 9.09. The van der Waals surface area contributed by atoms with Gasteiger partial charge >= 0.3 is 0 Å². The van der Waals surface area contributed by atoms with Crippen molar-refractivity contribution in [2.24, 2.45) is 0 Å². The average molecular weight is 419 g/mol. The Balaban J connectivity index is 2.52. The first kappa shape index (κ1) is 22.5. The second kappa shape index (κ2) is 9.59. The molecule has 1 heterocycles. The van der Waals surface area contributed by atoms with E-state index in [0.717, 1.165) is 4.57 Å². The molecular formula is C21H23ClN2O5. The highest BCUT2D eigenvalue weighted by Gasteiger charge is 2.25. The largest absolute Gasteiger partial charge is 0.495 e. The minimum absolute atomic E-state index is 0.0324. The van der Waals surface area contributed by atoms with E-state index in [9.17, 15) is 20.0 Å². The normalized spacial score (nSPS) is 10.8. The van der Waals surface area contributed by atoms with E-state index in [1.165, 1.54) is 32.2 Å². The van der Waals surface area contributed by atoms with Crippen molar-refractivity contribution in [2.45, 2.75) is 39.8 Å². The summed E-state index contributed by atoms with van der Waals surface area (Å²) in [6.07, 6.45) is 0.464. The van der Waals surface area contributed by atoms with Crippen molar-refractivity contribution >= 4 is 17.4 Å². The highest BCUT2D eigenvalue weighted by atomic mass is 35.5. The van der Waals surface area contributed by atoms with Gasteiger partial charge in [0.15, 0.2) is 5.78 Å². The highest BCUT2D eigenvalue weighted by molar-refractivity contribution is 6.32. The zero-order chi connectivity index (χ0) is 21.7. The van der Waals surface area contributed by atoms with Crippen LogP contribution in [-0.2, 0) is 11.3 Å². The minimum atomic E-state index is -0.642. The van der Waals surface area contributed by atoms with E-state index in [1.54, 1.807) is 0 Å². The van der Waals surface area contributed by atoms with Crippen molar-refractivity contribution < 1.29 is 19.4 Å². The molecule has 0 aliphatic carbocycles. The fraction of sp³-hybridized carbons (Fsp3) is 0.381. The molecule has 0 saturated heterocycles. The number of ether oxygens (including phenoxy) is 2. The van der Waals surface area contributed by atoms with Gasteiger partial charge in [0.25, 0.3) is 5.56 Å². The Labute approximate surface area is 174 Å². The molecule has 2 rings (SSSR count). The molecule has 0 aliphatic heterocycles. The maximum atomic E-state index is 13.1. The molecule has 29 heavy (non-hydrogen) atoms. The third kappa shape index (κ3) is 4.78. The van der Waals surface area contributed by atoms with Crippen molar-refractivity contribution in [2.75, 3.05) is 13.7 Å². The van der Waals surface area contributed by atoms with E-state index in [-0.39, 0.29) is 39.9 Å². The molecule has 0 spiro atoms. The van der Waals surface area contributed by atoms with E-state index in [4.69, 9.17) is 21.1 Å². The topological polar surface area (TPSA) is 102 Å². The van der Waals surface area contributed by atoms with Gasteiger partial charge in [0.2, 0.25) is 5.88 Å². The van der Waals surface area contributed by atoms with Crippen LogP contribution >= 0.6 is 11.6 Å². The number of nitriles is 1. The molecular weight excluding hydrogens is 396 g/mol. The Kier molecular flexibility index (Phi) is 7.43. The Morgan fingerprint density at radius 2 is 2.07 bits per heavy atom. The van der Waals surface area contributed by atoms with Crippen molar-refractivity contribution in [3.63, 3.8) is 0 Å². The summed E-state index contributed by atoms with van der Waals surface area (Å²) in [6, 6.07) is 6.30. The van der Waals surface area contributed by atoms with Crippen LogP contribution in [0.2, 0.25) is 5.02 Å². The second-order valence-corrected chi connectivity index (χ2v) is 7.13. The van der Waals surface area contributed by atoms with E-state index in [2.05, 4.69) is 0 Å². The molecule has 2 aromatic rings. The lowest BCUT2D eigenvalue weighted by atomic mass is 9.97. The predicted molar refractivity (Wildman–Crippen MR) is 109 cm³/mol. The van der Waals surface area contributed by atoms with Gasteiger partial charge in [-0.3, -0.25) is 14.2 Å². The van der Waals surface area contributed by atoms with Crippen LogP contribution in [0.5, 0.6) is 11.6 Å². The molecule has 0 radical (unpaired) electrons. The molecule has 1 aromatic heterocycles. The second-order valence-electron chi connectivity index (χ2n) is 6.72. The maximum absolute atomic E-state index is 13.1. The molecule has 8 heteroatoms. The lowest BCUT2D eigenvalue weighted by Gasteiger charge is -2.16. The van der Waals surface area contributed by atoms with Crippen LogP contribution < -0.4 is 10.3 Å². The lowest BCUT2D eigenvalue weighted by molar-refractivity contribution is 0.0743. The van der Waals surface area contributed by atoms with Gasteiger partial charge in [-0.1, -0.05) is 11.6 Å². The van der Waals surface area contributed by atoms with Gasteiger partial charge in [-0.15, -0.1) is 0 Å². The quantitative estimate of drug-likeness (QED) is 0.520. The Morgan fingerprint density at radius 3 is 2.62 bits per heavy atom. The van der Waals surface area contributed by atoms with Gasteiger partial charge in [-0.05, 0) is 51.0 Å². The number of pyridine rings is 1. The average Bonchev–Trinajstić information content (AvgIpc) is 2.67. The molecule has 0 saturated carbocycles. The Hall–Kier alpha value is -2.82. The lowest BCUT2D eigenvalue weighted by Crippen LogP contribution is -2.27. The van der Waals surface area contributed by atoms with Crippen molar-refractivity contribution in [3.05, 3.63) is 55.8 Å². The van der Waals surface area contributed by atoms with Crippen LogP contribution in [-0.4, -0.2) is 35.3 Å². The maximum Gasteiger partial charge on any atom is 0.271 e. The number of rotatable bonds is 8. The van der Waals surface area contributed by atoms with Gasteiger partial charge < -0.3 is 14.6 Å². The smallest absolute Gasteiger partial charge is 0.271 e. The summed E-state index contributed by atoms with van der Waals surface area (Å²) in [4.78, 5) is 25.7. The van der Waals surface area contributed by atoms with E-state index in [1.807, 2.05) is 19.9 Å². The minimum Gasteiger partial charge on any atom is -0.495 e. The number of halogens is 1. The van der Waals surface area contributed by atoms with Gasteiger partial charge in [-0.2, -0.15) is 5.26 Å². The number of carbonyl (C=O) groups excluding carboxylic acids is 1. The zero-order valence-corrected chi connectivity index (χ0v) is 17.5. The number of nitrogens with zero attached hydrogens (tertiary/aromatic N) is 2. The van der Waals surface area contributed by atoms with Crippen LogP contribution in [0.25, 0.3) is 0 Å². The summed E-state index contributed by atoms with van der Waals surface area (Å²) < 4.78 is 11.6. The summed E-state index contributed by atoms with van der Waals surface area (Å²) in [5.74, 6) is -0.627. The molecule has 1 N–H and O–H groups in total. The third-order valence-corrected chi connectivity index (χ3v) is 4.71. The van der Waals surface area contributed by atoms with Gasteiger partial charge in [0, 0.05) is 18.7 Å². The van der Waals surface area contributed by atoms with Crippen LogP contribution in [0.4, 0.5) is 0 Å². The first-order valence-corrected chi connectivity index (χ1v) is 9.47. The molecule has 0 aliphatic rings. The Bertz CT molecular complexity index is 1020. The summed E-state index contributed by atoms with van der Waals surface area (Å²) >= 11 is 6.10. The third-order valence-electron chi connectivity index (χ3n) is 4.42.